The van der Waals surface area contributed by atoms with Gasteiger partial charge in [0, 0.05) is 17.0 Å². The topological polar surface area (TPSA) is 78.9 Å². The Bertz CT molecular complexity index is 1060. The zero-order valence-corrected chi connectivity index (χ0v) is 17.3. The second-order valence-electron chi connectivity index (χ2n) is 6.34. The quantitative estimate of drug-likeness (QED) is 0.596. The van der Waals surface area contributed by atoms with Gasteiger partial charge in [-0.25, -0.2) is 4.98 Å². The largest absolute Gasteiger partial charge is 0.497 e. The van der Waals surface area contributed by atoms with Crippen LogP contribution in [0.25, 0.3) is 17.3 Å². The maximum Gasteiger partial charge on any atom is 0.250 e. The molecule has 2 aromatic carbocycles. The highest BCUT2D eigenvalue weighted by molar-refractivity contribution is 7.14. The lowest BCUT2D eigenvalue weighted by Crippen LogP contribution is -2.16. The van der Waals surface area contributed by atoms with Crippen LogP contribution in [0.2, 0.25) is 0 Å². The minimum Gasteiger partial charge on any atom is -0.497 e. The predicted molar refractivity (Wildman–Crippen MR) is 116 cm³/mol. The summed E-state index contributed by atoms with van der Waals surface area (Å²) in [5, 5.41) is 5.20. The molecule has 1 amide bonds. The van der Waals surface area contributed by atoms with Crippen molar-refractivity contribution >= 4 is 28.5 Å². The van der Waals surface area contributed by atoms with Gasteiger partial charge in [-0.15, -0.1) is 11.3 Å². The van der Waals surface area contributed by atoms with Gasteiger partial charge >= 0.3 is 0 Å². The molecule has 0 saturated heterocycles. The van der Waals surface area contributed by atoms with Crippen molar-refractivity contribution in [2.24, 2.45) is 0 Å². The lowest BCUT2D eigenvalue weighted by atomic mass is 10.1. The van der Waals surface area contributed by atoms with Gasteiger partial charge < -0.3 is 18.9 Å². The van der Waals surface area contributed by atoms with Crippen molar-refractivity contribution in [2.45, 2.75) is 0 Å². The standard InChI is InChI=1S/C22H20N2O5S/c1-26-16-6-4-15(5-7-16)17-13-30-22(23-17)24-20(25)8-3-14-11-18(27-2)21-19(12-14)28-9-10-29-21/h3-8,11-13H,9-10H2,1-2H3,(H,23,24,25)/b8-3+. The van der Waals surface area contributed by atoms with Crippen LogP contribution in [0.1, 0.15) is 5.56 Å². The molecular formula is C22H20N2O5S. The highest BCUT2D eigenvalue weighted by Crippen LogP contribution is 2.40. The summed E-state index contributed by atoms with van der Waals surface area (Å²) in [6.45, 7) is 0.956. The highest BCUT2D eigenvalue weighted by atomic mass is 32.1. The molecule has 0 saturated carbocycles. The molecular weight excluding hydrogens is 404 g/mol. The van der Waals surface area contributed by atoms with Crippen LogP contribution in [0, 0.1) is 0 Å². The van der Waals surface area contributed by atoms with Crippen LogP contribution in [0.4, 0.5) is 5.13 Å². The number of rotatable bonds is 6. The van der Waals surface area contributed by atoms with E-state index < -0.39 is 0 Å². The van der Waals surface area contributed by atoms with Gasteiger partial charge in [0.2, 0.25) is 11.7 Å². The zero-order valence-electron chi connectivity index (χ0n) is 16.5. The molecule has 0 atom stereocenters. The fraction of sp³-hybridized carbons (Fsp3) is 0.182. The Morgan fingerprint density at radius 2 is 1.93 bits per heavy atom. The molecule has 0 unspecified atom stereocenters. The molecule has 30 heavy (non-hydrogen) atoms. The Labute approximate surface area is 177 Å². The fourth-order valence-electron chi connectivity index (χ4n) is 2.93. The van der Waals surface area contributed by atoms with Crippen molar-refractivity contribution in [1.82, 2.24) is 4.98 Å². The van der Waals surface area contributed by atoms with Crippen molar-refractivity contribution in [1.29, 1.82) is 0 Å². The second kappa shape index (κ2) is 8.87. The number of hydrogen-bond donors (Lipinski definition) is 1. The van der Waals surface area contributed by atoms with Gasteiger partial charge in [-0.1, -0.05) is 0 Å². The van der Waals surface area contributed by atoms with E-state index in [0.717, 1.165) is 22.6 Å². The molecule has 4 rings (SSSR count). The molecule has 154 valence electrons. The van der Waals surface area contributed by atoms with Gasteiger partial charge in [-0.3, -0.25) is 10.1 Å². The Hall–Kier alpha value is -3.52. The Kier molecular flexibility index (Phi) is 5.85. The first-order valence-electron chi connectivity index (χ1n) is 9.23. The molecule has 1 aromatic heterocycles. The second-order valence-corrected chi connectivity index (χ2v) is 7.19. The Balaban J connectivity index is 1.43. The molecule has 1 N–H and O–H groups in total. The third-order valence-corrected chi connectivity index (χ3v) is 5.16. The van der Waals surface area contributed by atoms with Crippen molar-refractivity contribution in [3.05, 3.63) is 53.4 Å². The summed E-state index contributed by atoms with van der Waals surface area (Å²) in [7, 11) is 3.19. The number of carbonyl (C=O) groups excluding carboxylic acids is 1. The van der Waals surface area contributed by atoms with Crippen LogP contribution < -0.4 is 24.3 Å². The van der Waals surface area contributed by atoms with Crippen LogP contribution in [0.3, 0.4) is 0 Å². The third-order valence-electron chi connectivity index (χ3n) is 4.40. The summed E-state index contributed by atoms with van der Waals surface area (Å²) >= 11 is 1.36. The SMILES string of the molecule is COc1ccc(-c2csc(NC(=O)/C=C/c3cc(OC)c4c(c3)OCCO4)n2)cc1. The van der Waals surface area contributed by atoms with Crippen molar-refractivity contribution in [3.8, 4) is 34.3 Å². The van der Waals surface area contributed by atoms with Crippen LogP contribution in [0.5, 0.6) is 23.0 Å². The molecule has 7 nitrogen and oxygen atoms in total. The number of fused-ring (bicyclic) bond motifs is 1. The number of amides is 1. The average Bonchev–Trinajstić information content (AvgIpc) is 3.25. The summed E-state index contributed by atoms with van der Waals surface area (Å²) in [5.74, 6) is 2.25. The summed E-state index contributed by atoms with van der Waals surface area (Å²) in [6, 6.07) is 11.2. The molecule has 0 fully saturated rings. The average molecular weight is 424 g/mol. The van der Waals surface area contributed by atoms with Gasteiger partial charge in [-0.2, -0.15) is 0 Å². The minimum absolute atomic E-state index is 0.278. The predicted octanol–water partition coefficient (Wildman–Crippen LogP) is 4.25. The van der Waals surface area contributed by atoms with E-state index >= 15 is 0 Å². The van der Waals surface area contributed by atoms with Crippen LogP contribution in [-0.4, -0.2) is 38.3 Å². The number of nitrogens with one attached hydrogen (secondary N) is 1. The van der Waals surface area contributed by atoms with Gasteiger partial charge in [0.25, 0.3) is 0 Å². The number of thiazole rings is 1. The normalized spacial score (nSPS) is 12.6. The van der Waals surface area contributed by atoms with Gasteiger partial charge in [0.15, 0.2) is 16.6 Å². The smallest absolute Gasteiger partial charge is 0.250 e. The minimum atomic E-state index is -0.278. The number of nitrogens with zero attached hydrogens (tertiary/aromatic N) is 1. The molecule has 0 radical (unpaired) electrons. The van der Waals surface area contributed by atoms with Gasteiger partial charge in [0.05, 0.1) is 19.9 Å². The molecule has 0 aliphatic carbocycles. The Morgan fingerprint density at radius 3 is 2.70 bits per heavy atom. The van der Waals surface area contributed by atoms with Crippen molar-refractivity contribution < 1.29 is 23.7 Å². The zero-order chi connectivity index (χ0) is 20.9. The molecule has 2 heterocycles. The van der Waals surface area contributed by atoms with E-state index in [1.54, 1.807) is 26.4 Å². The van der Waals surface area contributed by atoms with E-state index in [4.69, 9.17) is 18.9 Å². The number of aromatic nitrogens is 1. The third kappa shape index (κ3) is 4.38. The fourth-order valence-corrected chi connectivity index (χ4v) is 3.66. The van der Waals surface area contributed by atoms with Crippen molar-refractivity contribution in [2.75, 3.05) is 32.8 Å². The lowest BCUT2D eigenvalue weighted by molar-refractivity contribution is -0.111. The first-order chi connectivity index (χ1) is 14.7. The molecule has 1 aliphatic rings. The van der Waals surface area contributed by atoms with E-state index in [1.165, 1.54) is 17.4 Å². The monoisotopic (exact) mass is 424 g/mol. The van der Waals surface area contributed by atoms with E-state index in [2.05, 4.69) is 10.3 Å². The van der Waals surface area contributed by atoms with Crippen LogP contribution in [0.15, 0.2) is 47.9 Å². The Morgan fingerprint density at radius 1 is 1.13 bits per heavy atom. The van der Waals surface area contributed by atoms with Gasteiger partial charge in [0.1, 0.15) is 19.0 Å². The van der Waals surface area contributed by atoms with E-state index in [1.807, 2.05) is 35.7 Å². The van der Waals surface area contributed by atoms with Crippen molar-refractivity contribution in [3.63, 3.8) is 0 Å². The first-order valence-corrected chi connectivity index (χ1v) is 10.1. The number of benzene rings is 2. The van der Waals surface area contributed by atoms with Gasteiger partial charge in [-0.05, 0) is 48.0 Å². The highest BCUT2D eigenvalue weighted by Gasteiger charge is 2.17. The summed E-state index contributed by atoms with van der Waals surface area (Å²) < 4.78 is 21.7. The summed E-state index contributed by atoms with van der Waals surface area (Å²) in [5.41, 5.74) is 2.51. The number of hydrogen-bond acceptors (Lipinski definition) is 7. The number of ether oxygens (including phenoxy) is 4. The number of carbonyl (C=O) groups is 1. The molecule has 8 heteroatoms. The summed E-state index contributed by atoms with van der Waals surface area (Å²) in [6.07, 6.45) is 3.13. The van der Waals surface area contributed by atoms with E-state index in [-0.39, 0.29) is 5.91 Å². The number of anilines is 1. The van der Waals surface area contributed by atoms with E-state index in [9.17, 15) is 4.79 Å². The molecule has 1 aliphatic heterocycles. The number of methoxy groups -OCH3 is 2. The maximum atomic E-state index is 12.3. The lowest BCUT2D eigenvalue weighted by Gasteiger charge is -2.20. The summed E-state index contributed by atoms with van der Waals surface area (Å²) in [4.78, 5) is 16.8. The van der Waals surface area contributed by atoms with Crippen LogP contribution in [-0.2, 0) is 4.79 Å². The van der Waals surface area contributed by atoms with Crippen LogP contribution >= 0.6 is 11.3 Å². The molecule has 3 aromatic rings. The first kappa shape index (κ1) is 19.8. The maximum absolute atomic E-state index is 12.3. The molecule has 0 bridgehead atoms. The van der Waals surface area contributed by atoms with E-state index in [0.29, 0.717) is 35.6 Å². The molecule has 0 spiro atoms.